The fourth-order valence-electron chi connectivity index (χ4n) is 1.36. The van der Waals surface area contributed by atoms with Gasteiger partial charge in [-0.3, -0.25) is 0 Å². The van der Waals surface area contributed by atoms with Crippen molar-refractivity contribution >= 4 is 11.0 Å². The van der Waals surface area contributed by atoms with E-state index in [4.69, 9.17) is 0 Å². The standard InChI is InChI=1S/C11H21N3OS/c1-6-9(10-7-12-8-14(10)5)13-16(15)11(2,3)4/h7-9,13H,6H2,1-5H3/t9-,16+/m0/s1. The van der Waals surface area contributed by atoms with E-state index in [1.54, 1.807) is 6.33 Å². The van der Waals surface area contributed by atoms with Crippen molar-refractivity contribution in [1.29, 1.82) is 0 Å². The lowest BCUT2D eigenvalue weighted by molar-refractivity contribution is 0.565. The van der Waals surface area contributed by atoms with Crippen molar-refractivity contribution < 1.29 is 4.21 Å². The molecule has 1 aromatic heterocycles. The number of hydrogen-bond acceptors (Lipinski definition) is 2. The van der Waals surface area contributed by atoms with Gasteiger partial charge in [0, 0.05) is 13.2 Å². The highest BCUT2D eigenvalue weighted by molar-refractivity contribution is 7.84. The molecular weight excluding hydrogens is 222 g/mol. The SMILES string of the molecule is CC[C@H](N[S@](=O)C(C)(C)C)c1cncn1C. The summed E-state index contributed by atoms with van der Waals surface area (Å²) in [5.74, 6) is 0. The number of aromatic nitrogens is 2. The molecule has 0 saturated carbocycles. The second-order valence-electron chi connectivity index (χ2n) is 4.89. The van der Waals surface area contributed by atoms with Gasteiger partial charge in [-0.2, -0.15) is 0 Å². The summed E-state index contributed by atoms with van der Waals surface area (Å²) >= 11 is 0. The van der Waals surface area contributed by atoms with Gasteiger partial charge in [0.2, 0.25) is 0 Å². The maximum Gasteiger partial charge on any atom is 0.0976 e. The summed E-state index contributed by atoms with van der Waals surface area (Å²) in [4.78, 5) is 4.08. The van der Waals surface area contributed by atoms with Crippen LogP contribution in [0.4, 0.5) is 0 Å². The first-order chi connectivity index (χ1) is 7.36. The molecule has 0 aromatic carbocycles. The Kier molecular flexibility index (Phi) is 4.27. The highest BCUT2D eigenvalue weighted by atomic mass is 32.2. The molecule has 2 atom stereocenters. The number of imidazole rings is 1. The Morgan fingerprint density at radius 3 is 2.56 bits per heavy atom. The van der Waals surface area contributed by atoms with Gasteiger partial charge in [-0.05, 0) is 27.2 Å². The lowest BCUT2D eigenvalue weighted by atomic mass is 10.2. The number of nitrogens with zero attached hydrogens (tertiary/aromatic N) is 2. The molecule has 1 rings (SSSR count). The molecule has 0 amide bonds. The summed E-state index contributed by atoms with van der Waals surface area (Å²) in [5.41, 5.74) is 1.07. The molecule has 1 aromatic rings. The van der Waals surface area contributed by atoms with Crippen LogP contribution in [0.5, 0.6) is 0 Å². The molecule has 92 valence electrons. The van der Waals surface area contributed by atoms with Gasteiger partial charge in [0.15, 0.2) is 0 Å². The molecule has 0 saturated heterocycles. The third-order valence-corrected chi connectivity index (χ3v) is 4.04. The van der Waals surface area contributed by atoms with Crippen molar-refractivity contribution in [3.8, 4) is 0 Å². The quantitative estimate of drug-likeness (QED) is 0.878. The monoisotopic (exact) mass is 243 g/mol. The van der Waals surface area contributed by atoms with Crippen molar-refractivity contribution in [2.45, 2.75) is 44.9 Å². The minimum atomic E-state index is -1.05. The van der Waals surface area contributed by atoms with Crippen LogP contribution >= 0.6 is 0 Å². The van der Waals surface area contributed by atoms with Crippen molar-refractivity contribution in [1.82, 2.24) is 14.3 Å². The third kappa shape index (κ3) is 3.15. The normalized spacial score (nSPS) is 16.1. The Hall–Kier alpha value is -0.680. The van der Waals surface area contributed by atoms with Crippen LogP contribution in [0.15, 0.2) is 12.5 Å². The van der Waals surface area contributed by atoms with Gasteiger partial charge in [0.25, 0.3) is 0 Å². The summed E-state index contributed by atoms with van der Waals surface area (Å²) in [6.45, 7) is 7.97. The number of nitrogens with one attached hydrogen (secondary N) is 1. The molecule has 4 nitrogen and oxygen atoms in total. The summed E-state index contributed by atoms with van der Waals surface area (Å²) < 4.78 is 16.9. The summed E-state index contributed by atoms with van der Waals surface area (Å²) in [6.07, 6.45) is 4.47. The van der Waals surface area contributed by atoms with Crippen molar-refractivity contribution in [2.75, 3.05) is 0 Å². The topological polar surface area (TPSA) is 46.9 Å². The van der Waals surface area contributed by atoms with Crippen molar-refractivity contribution in [3.05, 3.63) is 18.2 Å². The summed E-state index contributed by atoms with van der Waals surface area (Å²) in [7, 11) is 0.900. The molecule has 0 unspecified atom stereocenters. The number of rotatable bonds is 4. The van der Waals surface area contributed by atoms with E-state index in [1.165, 1.54) is 0 Å². The van der Waals surface area contributed by atoms with Crippen LogP contribution in [-0.4, -0.2) is 18.5 Å². The third-order valence-electron chi connectivity index (χ3n) is 2.42. The number of hydrogen-bond donors (Lipinski definition) is 1. The first-order valence-corrected chi connectivity index (χ1v) is 6.65. The fourth-order valence-corrected chi connectivity index (χ4v) is 2.26. The Balaban J connectivity index is 2.78. The van der Waals surface area contributed by atoms with Gasteiger partial charge in [0.05, 0.1) is 33.8 Å². The average molecular weight is 243 g/mol. The predicted molar refractivity (Wildman–Crippen MR) is 67.3 cm³/mol. The molecular formula is C11H21N3OS. The Morgan fingerprint density at radius 2 is 2.19 bits per heavy atom. The smallest absolute Gasteiger partial charge is 0.0976 e. The van der Waals surface area contributed by atoms with Crippen LogP contribution in [0.2, 0.25) is 0 Å². The number of aryl methyl sites for hydroxylation is 1. The zero-order valence-corrected chi connectivity index (χ0v) is 11.5. The van der Waals surface area contributed by atoms with E-state index >= 15 is 0 Å². The van der Waals surface area contributed by atoms with Gasteiger partial charge in [-0.1, -0.05) is 6.92 Å². The Morgan fingerprint density at radius 1 is 1.56 bits per heavy atom. The minimum absolute atomic E-state index is 0.0903. The first kappa shape index (κ1) is 13.4. The van der Waals surface area contributed by atoms with Gasteiger partial charge in [-0.25, -0.2) is 13.9 Å². The zero-order valence-electron chi connectivity index (χ0n) is 10.7. The van der Waals surface area contributed by atoms with Crippen LogP contribution < -0.4 is 4.72 Å². The second-order valence-corrected chi connectivity index (χ2v) is 6.89. The lowest BCUT2D eigenvalue weighted by Crippen LogP contribution is -2.36. The fraction of sp³-hybridized carbons (Fsp3) is 0.727. The molecule has 0 bridgehead atoms. The largest absolute Gasteiger partial charge is 0.336 e. The van der Waals surface area contributed by atoms with Gasteiger partial charge < -0.3 is 4.57 Å². The van der Waals surface area contributed by atoms with E-state index in [1.807, 2.05) is 38.6 Å². The molecule has 1 heterocycles. The van der Waals surface area contributed by atoms with Crippen molar-refractivity contribution in [3.63, 3.8) is 0 Å². The lowest BCUT2D eigenvalue weighted by Gasteiger charge is -2.23. The van der Waals surface area contributed by atoms with Crippen LogP contribution in [-0.2, 0) is 18.0 Å². The van der Waals surface area contributed by atoms with Gasteiger partial charge in [0.1, 0.15) is 0 Å². The molecule has 5 heteroatoms. The highest BCUT2D eigenvalue weighted by Crippen LogP contribution is 2.19. The van der Waals surface area contributed by atoms with Gasteiger partial charge >= 0.3 is 0 Å². The highest BCUT2D eigenvalue weighted by Gasteiger charge is 2.23. The molecule has 0 aliphatic carbocycles. The molecule has 0 fully saturated rings. The van der Waals surface area contributed by atoms with Crippen LogP contribution in [0, 0.1) is 0 Å². The molecule has 0 spiro atoms. The maximum absolute atomic E-state index is 12.0. The van der Waals surface area contributed by atoms with Gasteiger partial charge in [-0.15, -0.1) is 0 Å². The first-order valence-electron chi connectivity index (χ1n) is 5.50. The molecule has 0 radical (unpaired) electrons. The van der Waals surface area contributed by atoms with E-state index in [9.17, 15) is 4.21 Å². The second kappa shape index (κ2) is 5.10. The van der Waals surface area contributed by atoms with E-state index in [-0.39, 0.29) is 10.8 Å². The minimum Gasteiger partial charge on any atom is -0.336 e. The van der Waals surface area contributed by atoms with Crippen LogP contribution in [0.1, 0.15) is 45.9 Å². The van der Waals surface area contributed by atoms with E-state index in [0.717, 1.165) is 12.1 Å². The zero-order chi connectivity index (χ0) is 12.3. The van der Waals surface area contributed by atoms with Crippen LogP contribution in [0.3, 0.4) is 0 Å². The van der Waals surface area contributed by atoms with E-state index in [2.05, 4.69) is 16.6 Å². The van der Waals surface area contributed by atoms with Crippen molar-refractivity contribution in [2.24, 2.45) is 7.05 Å². The molecule has 0 aliphatic rings. The molecule has 1 N–H and O–H groups in total. The average Bonchev–Trinajstić information content (AvgIpc) is 2.59. The summed E-state index contributed by atoms with van der Waals surface area (Å²) in [5, 5.41) is 0. The van der Waals surface area contributed by atoms with Crippen LogP contribution in [0.25, 0.3) is 0 Å². The summed E-state index contributed by atoms with van der Waals surface area (Å²) in [6, 6.07) is 0.0903. The van der Waals surface area contributed by atoms with E-state index < -0.39 is 11.0 Å². The molecule has 16 heavy (non-hydrogen) atoms. The Bertz CT molecular complexity index is 368. The Labute approximate surface area is 100 Å². The molecule has 0 aliphatic heterocycles. The predicted octanol–water partition coefficient (Wildman–Crippen LogP) is 1.92. The maximum atomic E-state index is 12.0. The van der Waals surface area contributed by atoms with E-state index in [0.29, 0.717) is 0 Å².